The first-order chi connectivity index (χ1) is 14.5. The second kappa shape index (κ2) is 8.67. The molecule has 0 radical (unpaired) electrons. The van der Waals surface area contributed by atoms with Gasteiger partial charge in [-0.3, -0.25) is 4.98 Å². The number of aromatic carboxylic acids is 1. The van der Waals surface area contributed by atoms with Crippen molar-refractivity contribution in [2.45, 2.75) is 32.8 Å². The molecular formula is C24H21ClN2O3. The summed E-state index contributed by atoms with van der Waals surface area (Å²) < 4.78 is 6.15. The van der Waals surface area contributed by atoms with Crippen molar-refractivity contribution >= 4 is 28.7 Å². The van der Waals surface area contributed by atoms with Crippen molar-refractivity contribution in [3.05, 3.63) is 88.0 Å². The first-order valence-corrected chi connectivity index (χ1v) is 10.1. The topological polar surface area (TPSA) is 72.3 Å². The van der Waals surface area contributed by atoms with Gasteiger partial charge in [0.15, 0.2) is 5.69 Å². The molecule has 0 saturated heterocycles. The quantitative estimate of drug-likeness (QED) is 0.544. The van der Waals surface area contributed by atoms with E-state index in [2.05, 4.69) is 41.2 Å². The summed E-state index contributed by atoms with van der Waals surface area (Å²) in [5.74, 6) is -0.342. The van der Waals surface area contributed by atoms with E-state index in [9.17, 15) is 9.90 Å². The van der Waals surface area contributed by atoms with E-state index in [-0.39, 0.29) is 5.69 Å². The Hall–Kier alpha value is -3.18. The first kappa shape index (κ1) is 20.1. The third kappa shape index (κ3) is 4.36. The summed E-state index contributed by atoms with van der Waals surface area (Å²) in [5.41, 5.74) is 5.81. The number of halogens is 1. The molecule has 30 heavy (non-hydrogen) atoms. The Balaban J connectivity index is 1.70. The number of hydrogen-bond acceptors (Lipinski definition) is 4. The Labute approximate surface area is 180 Å². The van der Waals surface area contributed by atoms with Crippen molar-refractivity contribution in [2.75, 3.05) is 0 Å². The molecule has 0 amide bonds. The van der Waals surface area contributed by atoms with Crippen LogP contribution < -0.4 is 4.74 Å². The van der Waals surface area contributed by atoms with Crippen LogP contribution in [0.2, 0.25) is 5.02 Å². The summed E-state index contributed by atoms with van der Waals surface area (Å²) in [5, 5.41) is 9.88. The molecule has 6 heteroatoms. The lowest BCUT2D eigenvalue weighted by Crippen LogP contribution is -2.04. The normalized spacial score (nSPS) is 13.5. The second-order valence-electron chi connectivity index (χ2n) is 7.32. The largest absolute Gasteiger partial charge is 0.488 e. The van der Waals surface area contributed by atoms with E-state index in [4.69, 9.17) is 16.3 Å². The number of allylic oxidation sites excluding steroid dienone is 2. The third-order valence-corrected chi connectivity index (χ3v) is 5.40. The first-order valence-electron chi connectivity index (χ1n) is 9.77. The predicted molar refractivity (Wildman–Crippen MR) is 117 cm³/mol. The van der Waals surface area contributed by atoms with Gasteiger partial charge in [0.05, 0.1) is 18.1 Å². The molecular weight excluding hydrogens is 400 g/mol. The molecule has 2 aromatic carbocycles. The Morgan fingerprint density at radius 3 is 2.63 bits per heavy atom. The Morgan fingerprint density at radius 2 is 1.87 bits per heavy atom. The molecule has 0 fully saturated rings. The SMILES string of the molecule is Cc1ccc(COc2ccc(Cl)cc2C2=C(c3cncc(C(=O)O)n3)CCC2)cc1. The van der Waals surface area contributed by atoms with Gasteiger partial charge in [0, 0.05) is 10.6 Å². The summed E-state index contributed by atoms with van der Waals surface area (Å²) >= 11 is 6.31. The lowest BCUT2D eigenvalue weighted by atomic mass is 9.99. The molecule has 1 aliphatic carbocycles. The van der Waals surface area contributed by atoms with E-state index >= 15 is 0 Å². The lowest BCUT2D eigenvalue weighted by Gasteiger charge is -2.15. The molecule has 1 heterocycles. The van der Waals surface area contributed by atoms with Crippen molar-refractivity contribution in [2.24, 2.45) is 0 Å². The maximum Gasteiger partial charge on any atom is 0.356 e. The van der Waals surface area contributed by atoms with Gasteiger partial charge in [0.2, 0.25) is 0 Å². The summed E-state index contributed by atoms with van der Waals surface area (Å²) in [4.78, 5) is 19.7. The zero-order valence-electron chi connectivity index (χ0n) is 16.6. The van der Waals surface area contributed by atoms with Gasteiger partial charge in [0.1, 0.15) is 12.4 Å². The molecule has 1 aromatic heterocycles. The van der Waals surface area contributed by atoms with E-state index in [1.54, 1.807) is 6.20 Å². The predicted octanol–water partition coefficient (Wildman–Crippen LogP) is 5.81. The molecule has 0 atom stereocenters. The highest BCUT2D eigenvalue weighted by atomic mass is 35.5. The van der Waals surface area contributed by atoms with E-state index in [0.717, 1.165) is 47.3 Å². The number of aromatic nitrogens is 2. The minimum Gasteiger partial charge on any atom is -0.488 e. The Bertz CT molecular complexity index is 1120. The number of carboxylic acids is 1. The van der Waals surface area contributed by atoms with Crippen LogP contribution in [0.3, 0.4) is 0 Å². The molecule has 0 bridgehead atoms. The van der Waals surface area contributed by atoms with Crippen LogP contribution >= 0.6 is 11.6 Å². The summed E-state index contributed by atoms with van der Waals surface area (Å²) in [6.45, 7) is 2.50. The summed E-state index contributed by atoms with van der Waals surface area (Å²) in [6, 6.07) is 13.8. The molecule has 0 aliphatic heterocycles. The molecule has 3 aromatic rings. The minimum atomic E-state index is -1.09. The van der Waals surface area contributed by atoms with Crippen molar-refractivity contribution in [3.63, 3.8) is 0 Å². The van der Waals surface area contributed by atoms with Crippen molar-refractivity contribution in [1.82, 2.24) is 9.97 Å². The lowest BCUT2D eigenvalue weighted by molar-refractivity contribution is 0.0690. The average molecular weight is 421 g/mol. The van der Waals surface area contributed by atoms with Crippen LogP contribution in [-0.2, 0) is 6.61 Å². The van der Waals surface area contributed by atoms with Gasteiger partial charge in [0.25, 0.3) is 0 Å². The summed E-state index contributed by atoms with van der Waals surface area (Å²) in [7, 11) is 0. The summed E-state index contributed by atoms with van der Waals surface area (Å²) in [6.07, 6.45) is 5.47. The fourth-order valence-electron chi connectivity index (χ4n) is 3.65. The van der Waals surface area contributed by atoms with Gasteiger partial charge in [-0.05, 0) is 61.1 Å². The number of benzene rings is 2. The number of aryl methyl sites for hydroxylation is 1. The molecule has 0 spiro atoms. The number of carbonyl (C=O) groups is 1. The molecule has 5 nitrogen and oxygen atoms in total. The van der Waals surface area contributed by atoms with Crippen LogP contribution in [0.5, 0.6) is 5.75 Å². The smallest absolute Gasteiger partial charge is 0.356 e. The van der Waals surface area contributed by atoms with Crippen LogP contribution in [-0.4, -0.2) is 21.0 Å². The fourth-order valence-corrected chi connectivity index (χ4v) is 3.82. The zero-order valence-corrected chi connectivity index (χ0v) is 17.3. The monoisotopic (exact) mass is 420 g/mol. The van der Waals surface area contributed by atoms with E-state index < -0.39 is 5.97 Å². The van der Waals surface area contributed by atoms with Crippen molar-refractivity contribution in [3.8, 4) is 5.75 Å². The number of nitrogens with zero attached hydrogens (tertiary/aromatic N) is 2. The van der Waals surface area contributed by atoms with Gasteiger partial charge in [-0.1, -0.05) is 41.4 Å². The molecule has 1 aliphatic rings. The Morgan fingerprint density at radius 1 is 1.10 bits per heavy atom. The van der Waals surface area contributed by atoms with Crippen LogP contribution in [0.4, 0.5) is 0 Å². The van der Waals surface area contributed by atoms with Gasteiger partial charge >= 0.3 is 5.97 Å². The standard InChI is InChI=1S/C24H21ClN2O3/c1-15-5-7-16(8-6-15)14-30-23-10-9-17(25)11-20(23)18-3-2-4-19(18)21-12-26-13-22(27-21)24(28)29/h5-13H,2-4,14H2,1H3,(H,28,29). The number of rotatable bonds is 6. The highest BCUT2D eigenvalue weighted by molar-refractivity contribution is 6.30. The number of carboxylic acid groups (broad SMARTS) is 1. The molecule has 152 valence electrons. The maximum atomic E-state index is 11.3. The Kier molecular flexibility index (Phi) is 5.81. The molecule has 1 N–H and O–H groups in total. The van der Waals surface area contributed by atoms with Crippen LogP contribution in [0.25, 0.3) is 11.1 Å². The van der Waals surface area contributed by atoms with Crippen molar-refractivity contribution in [1.29, 1.82) is 0 Å². The second-order valence-corrected chi connectivity index (χ2v) is 7.76. The minimum absolute atomic E-state index is 0.0619. The van der Waals surface area contributed by atoms with E-state index in [1.807, 2.05) is 18.2 Å². The van der Waals surface area contributed by atoms with Gasteiger partial charge < -0.3 is 9.84 Å². The molecule has 0 unspecified atom stereocenters. The van der Waals surface area contributed by atoms with Crippen LogP contribution in [0, 0.1) is 6.92 Å². The van der Waals surface area contributed by atoms with Gasteiger partial charge in [-0.15, -0.1) is 0 Å². The molecule has 0 saturated carbocycles. The maximum absolute atomic E-state index is 11.3. The zero-order chi connectivity index (χ0) is 21.1. The van der Waals surface area contributed by atoms with Crippen LogP contribution in [0.1, 0.15) is 52.1 Å². The van der Waals surface area contributed by atoms with Crippen molar-refractivity contribution < 1.29 is 14.6 Å². The highest BCUT2D eigenvalue weighted by Gasteiger charge is 2.23. The van der Waals surface area contributed by atoms with Gasteiger partial charge in [-0.2, -0.15) is 0 Å². The highest BCUT2D eigenvalue weighted by Crippen LogP contribution is 2.43. The third-order valence-electron chi connectivity index (χ3n) is 5.16. The van der Waals surface area contributed by atoms with E-state index in [1.165, 1.54) is 11.8 Å². The molecule has 4 rings (SSSR count). The van der Waals surface area contributed by atoms with Gasteiger partial charge in [-0.25, -0.2) is 9.78 Å². The van der Waals surface area contributed by atoms with E-state index in [0.29, 0.717) is 17.3 Å². The number of hydrogen-bond donors (Lipinski definition) is 1. The number of ether oxygens (including phenoxy) is 1. The van der Waals surface area contributed by atoms with Crippen LogP contribution in [0.15, 0.2) is 54.9 Å². The fraction of sp³-hybridized carbons (Fsp3) is 0.208. The average Bonchev–Trinajstić information content (AvgIpc) is 3.24.